The number of pyridine rings is 1. The van der Waals surface area contributed by atoms with E-state index in [1.165, 1.54) is 5.56 Å². The Bertz CT molecular complexity index is 1220. The first-order valence-electron chi connectivity index (χ1n) is 11.4. The van der Waals surface area contributed by atoms with Crippen molar-refractivity contribution in [2.75, 3.05) is 0 Å². The van der Waals surface area contributed by atoms with Crippen LogP contribution in [0.3, 0.4) is 0 Å². The van der Waals surface area contributed by atoms with E-state index in [4.69, 9.17) is 29.2 Å². The van der Waals surface area contributed by atoms with E-state index in [0.717, 1.165) is 47.0 Å². The molecule has 2 aromatic carbocycles. The zero-order chi connectivity index (χ0) is 23.4. The van der Waals surface area contributed by atoms with Crippen molar-refractivity contribution in [2.45, 2.75) is 44.0 Å². The van der Waals surface area contributed by atoms with Crippen molar-refractivity contribution in [1.29, 1.82) is 0 Å². The number of nitrogens with zero attached hydrogens (tertiary/aromatic N) is 1. The number of rotatable bonds is 7. The van der Waals surface area contributed by atoms with Crippen LogP contribution in [0.2, 0.25) is 5.02 Å². The number of halogens is 1. The number of thiol groups is 1. The molecule has 0 saturated heterocycles. The predicted molar refractivity (Wildman–Crippen MR) is 145 cm³/mol. The molecule has 0 fully saturated rings. The van der Waals surface area contributed by atoms with Gasteiger partial charge in [0, 0.05) is 15.7 Å². The summed E-state index contributed by atoms with van der Waals surface area (Å²) in [6.07, 6.45) is 13.4. The molecule has 1 heterocycles. The van der Waals surface area contributed by atoms with Gasteiger partial charge in [-0.05, 0) is 80.0 Å². The van der Waals surface area contributed by atoms with Gasteiger partial charge in [0.2, 0.25) is 0 Å². The van der Waals surface area contributed by atoms with E-state index in [1.807, 2.05) is 44.2 Å². The second-order valence-electron chi connectivity index (χ2n) is 9.21. The van der Waals surface area contributed by atoms with Crippen molar-refractivity contribution in [2.24, 2.45) is 5.92 Å². The van der Waals surface area contributed by atoms with Crippen LogP contribution < -0.4 is 0 Å². The number of fused-ring (bicyclic) bond motifs is 1. The smallest absolute Gasteiger partial charge is 0.0806 e. The van der Waals surface area contributed by atoms with Crippen LogP contribution in [0, 0.1) is 5.92 Å². The predicted octanol–water partition coefficient (Wildman–Crippen LogP) is 8.08. The molecular formula is C29H30ClNOS. The first-order valence-corrected chi connectivity index (χ1v) is 12.3. The van der Waals surface area contributed by atoms with E-state index in [-0.39, 0.29) is 5.25 Å². The molecule has 1 N–H and O–H groups in total. The second kappa shape index (κ2) is 10.3. The molecule has 0 saturated carbocycles. The van der Waals surface area contributed by atoms with E-state index in [1.54, 1.807) is 0 Å². The zero-order valence-corrected chi connectivity index (χ0v) is 20.7. The Hall–Kier alpha value is -2.33. The molecule has 33 heavy (non-hydrogen) atoms. The van der Waals surface area contributed by atoms with Gasteiger partial charge in [0.05, 0.1) is 16.8 Å². The van der Waals surface area contributed by atoms with Crippen LogP contribution in [0.4, 0.5) is 0 Å². The summed E-state index contributed by atoms with van der Waals surface area (Å²) in [4.78, 5) is 4.70. The summed E-state index contributed by atoms with van der Waals surface area (Å²) in [7, 11) is 0. The van der Waals surface area contributed by atoms with Gasteiger partial charge < -0.3 is 5.11 Å². The zero-order valence-electron chi connectivity index (χ0n) is 19.1. The molecule has 0 amide bonds. The Labute approximate surface area is 207 Å². The lowest BCUT2D eigenvalue weighted by molar-refractivity contribution is 0.105. The van der Waals surface area contributed by atoms with Crippen molar-refractivity contribution in [3.8, 4) is 0 Å². The lowest BCUT2D eigenvalue weighted by atomic mass is 9.79. The van der Waals surface area contributed by atoms with Gasteiger partial charge in [-0.15, -0.1) is 0 Å². The summed E-state index contributed by atoms with van der Waals surface area (Å²) in [6, 6.07) is 18.3. The normalized spacial score (nSPS) is 17.5. The van der Waals surface area contributed by atoms with Crippen LogP contribution in [-0.4, -0.2) is 15.7 Å². The minimum atomic E-state index is -0.783. The summed E-state index contributed by atoms with van der Waals surface area (Å²) < 4.78 is 0. The fourth-order valence-electron chi connectivity index (χ4n) is 4.43. The maximum atomic E-state index is 10.5. The highest BCUT2D eigenvalue weighted by Crippen LogP contribution is 2.36. The van der Waals surface area contributed by atoms with Crippen molar-refractivity contribution in [1.82, 2.24) is 4.98 Å². The first-order chi connectivity index (χ1) is 15.8. The molecule has 4 heteroatoms. The van der Waals surface area contributed by atoms with Crippen LogP contribution in [-0.2, 0) is 0 Å². The van der Waals surface area contributed by atoms with Crippen molar-refractivity contribution in [3.63, 3.8) is 0 Å². The van der Waals surface area contributed by atoms with E-state index in [0.29, 0.717) is 10.9 Å². The highest BCUT2D eigenvalue weighted by molar-refractivity contribution is 7.80. The summed E-state index contributed by atoms with van der Waals surface area (Å²) in [6.45, 7) is 3.75. The molecule has 0 aliphatic heterocycles. The molecular weight excluding hydrogens is 446 g/mol. The molecule has 3 aromatic rings. The second-order valence-corrected chi connectivity index (χ2v) is 10.3. The molecule has 4 rings (SSSR count). The summed E-state index contributed by atoms with van der Waals surface area (Å²) in [5.41, 5.74) is 4.45. The molecule has 170 valence electrons. The highest BCUT2D eigenvalue weighted by atomic mass is 35.5. The minimum absolute atomic E-state index is 0.147. The average molecular weight is 476 g/mol. The minimum Gasteiger partial charge on any atom is -0.386 e. The fourth-order valence-corrected chi connectivity index (χ4v) is 4.91. The topological polar surface area (TPSA) is 33.1 Å². The highest BCUT2D eigenvalue weighted by Gasteiger charge is 2.27. The molecule has 0 spiro atoms. The van der Waals surface area contributed by atoms with Gasteiger partial charge in [0.25, 0.3) is 0 Å². The lowest BCUT2D eigenvalue weighted by Gasteiger charge is -2.31. The number of benzene rings is 2. The van der Waals surface area contributed by atoms with E-state index in [9.17, 15) is 5.11 Å². The van der Waals surface area contributed by atoms with Crippen LogP contribution in [0.15, 0.2) is 78.4 Å². The number of aliphatic hydroxyl groups is 1. The Morgan fingerprint density at radius 1 is 1.15 bits per heavy atom. The standard InChI is InChI=1S/C29H30ClNOS/c1-29(2,32)26-9-4-3-7-21(26)13-17-28(33)23-8-5-6-20(18-23)10-15-25-16-12-22-11-14-24(30)19-27(22)31-25/h3-6,8-12,14-16,18-19,21,28,32-33H,7,13,17H2,1-2H3. The Morgan fingerprint density at radius 3 is 2.79 bits per heavy atom. The SMILES string of the molecule is CC(C)(O)C1=CC=CCC1CCC(S)c1cccc(C=Cc2ccc3ccc(Cl)cc3n2)c1. The monoisotopic (exact) mass is 475 g/mol. The van der Waals surface area contributed by atoms with Gasteiger partial charge >= 0.3 is 0 Å². The summed E-state index contributed by atoms with van der Waals surface area (Å²) >= 11 is 11.0. The molecule has 1 aliphatic rings. The third-order valence-electron chi connectivity index (χ3n) is 6.18. The van der Waals surface area contributed by atoms with Gasteiger partial charge in [0.15, 0.2) is 0 Å². The van der Waals surface area contributed by atoms with E-state index in [2.05, 4.69) is 54.6 Å². The van der Waals surface area contributed by atoms with Gasteiger partial charge in [-0.3, -0.25) is 0 Å². The van der Waals surface area contributed by atoms with Crippen LogP contribution >= 0.6 is 24.2 Å². The quantitative estimate of drug-likeness (QED) is 0.338. The molecule has 2 nitrogen and oxygen atoms in total. The Balaban J connectivity index is 1.43. The number of hydrogen-bond acceptors (Lipinski definition) is 3. The maximum absolute atomic E-state index is 10.5. The molecule has 1 aliphatic carbocycles. The third-order valence-corrected chi connectivity index (χ3v) is 6.98. The maximum Gasteiger partial charge on any atom is 0.0806 e. The van der Waals surface area contributed by atoms with Crippen molar-refractivity contribution >= 4 is 47.3 Å². The van der Waals surface area contributed by atoms with Crippen LogP contribution in [0.5, 0.6) is 0 Å². The van der Waals surface area contributed by atoms with E-state index < -0.39 is 5.60 Å². The number of hydrogen-bond donors (Lipinski definition) is 2. The molecule has 1 aromatic heterocycles. The van der Waals surface area contributed by atoms with Crippen molar-refractivity contribution in [3.05, 3.63) is 100 Å². The Morgan fingerprint density at radius 2 is 1.97 bits per heavy atom. The first kappa shape index (κ1) is 23.8. The summed E-state index contributed by atoms with van der Waals surface area (Å²) in [5, 5.41) is 12.4. The van der Waals surface area contributed by atoms with Crippen molar-refractivity contribution < 1.29 is 5.11 Å². The largest absolute Gasteiger partial charge is 0.386 e. The van der Waals surface area contributed by atoms with Gasteiger partial charge in [0.1, 0.15) is 0 Å². The molecule has 0 bridgehead atoms. The summed E-state index contributed by atoms with van der Waals surface area (Å²) in [5.74, 6) is 0.361. The number of aromatic nitrogens is 1. The number of allylic oxidation sites excluding steroid dienone is 3. The lowest BCUT2D eigenvalue weighted by Crippen LogP contribution is -2.28. The Kier molecular flexibility index (Phi) is 7.43. The van der Waals surface area contributed by atoms with Crippen LogP contribution in [0.25, 0.3) is 23.1 Å². The fraction of sp³-hybridized carbons (Fsp3) is 0.276. The molecule has 0 radical (unpaired) electrons. The van der Waals surface area contributed by atoms with Gasteiger partial charge in [-0.2, -0.15) is 12.6 Å². The average Bonchev–Trinajstić information content (AvgIpc) is 2.80. The van der Waals surface area contributed by atoms with Crippen LogP contribution in [0.1, 0.15) is 55.2 Å². The van der Waals surface area contributed by atoms with Gasteiger partial charge in [-0.1, -0.05) is 72.3 Å². The van der Waals surface area contributed by atoms with E-state index >= 15 is 0 Å². The molecule has 2 atom stereocenters. The van der Waals surface area contributed by atoms with Gasteiger partial charge in [-0.25, -0.2) is 4.98 Å². The molecule has 2 unspecified atom stereocenters. The third kappa shape index (κ3) is 6.17.